The quantitative estimate of drug-likeness (QED) is 0.776. The SMILES string of the molecule is COCCN(C(=O)COc1cccc(N)c1)C1CCSC1. The Morgan fingerprint density at radius 1 is 1.52 bits per heavy atom. The highest BCUT2D eigenvalue weighted by Gasteiger charge is 2.26. The number of rotatable bonds is 7. The molecule has 2 rings (SSSR count). The summed E-state index contributed by atoms with van der Waals surface area (Å²) in [6.07, 6.45) is 1.04. The standard InChI is InChI=1S/C15H22N2O3S/c1-19-7-6-17(13-5-8-21-11-13)15(18)10-20-14-4-2-3-12(16)9-14/h2-4,9,13H,5-8,10-11,16H2,1H3. The monoisotopic (exact) mass is 310 g/mol. The van der Waals surface area contributed by atoms with E-state index in [1.54, 1.807) is 25.3 Å². The fraction of sp³-hybridized carbons (Fsp3) is 0.533. The van der Waals surface area contributed by atoms with Crippen LogP contribution in [0, 0.1) is 0 Å². The van der Waals surface area contributed by atoms with Crippen molar-refractivity contribution in [1.82, 2.24) is 4.90 Å². The summed E-state index contributed by atoms with van der Waals surface area (Å²) in [4.78, 5) is 14.3. The molecule has 0 bridgehead atoms. The van der Waals surface area contributed by atoms with Gasteiger partial charge in [0.1, 0.15) is 5.75 Å². The molecule has 1 heterocycles. The van der Waals surface area contributed by atoms with Crippen molar-refractivity contribution in [3.05, 3.63) is 24.3 Å². The number of carbonyl (C=O) groups is 1. The van der Waals surface area contributed by atoms with Gasteiger partial charge in [-0.1, -0.05) is 6.07 Å². The number of hydrogen-bond donors (Lipinski definition) is 1. The summed E-state index contributed by atoms with van der Waals surface area (Å²) in [5.74, 6) is 2.73. The van der Waals surface area contributed by atoms with Crippen LogP contribution in [0.4, 0.5) is 5.69 Å². The number of benzene rings is 1. The minimum Gasteiger partial charge on any atom is -0.484 e. The Labute approximate surface area is 129 Å². The van der Waals surface area contributed by atoms with Gasteiger partial charge < -0.3 is 20.1 Å². The van der Waals surface area contributed by atoms with Crippen molar-refractivity contribution >= 4 is 23.4 Å². The Kier molecular flexibility index (Phi) is 6.20. The third kappa shape index (κ3) is 4.82. The van der Waals surface area contributed by atoms with Crippen molar-refractivity contribution in [3.63, 3.8) is 0 Å². The first-order chi connectivity index (χ1) is 10.2. The van der Waals surface area contributed by atoms with Crippen LogP contribution >= 0.6 is 11.8 Å². The van der Waals surface area contributed by atoms with Gasteiger partial charge in [-0.3, -0.25) is 4.79 Å². The molecule has 1 aromatic carbocycles. The summed E-state index contributed by atoms with van der Waals surface area (Å²) < 4.78 is 10.7. The van der Waals surface area contributed by atoms with Crippen molar-refractivity contribution in [3.8, 4) is 5.75 Å². The first-order valence-corrected chi connectivity index (χ1v) is 8.20. The average Bonchev–Trinajstić information content (AvgIpc) is 3.00. The van der Waals surface area contributed by atoms with Gasteiger partial charge in [-0.2, -0.15) is 11.8 Å². The van der Waals surface area contributed by atoms with Crippen molar-refractivity contribution in [1.29, 1.82) is 0 Å². The summed E-state index contributed by atoms with van der Waals surface area (Å²) in [5, 5.41) is 0. The van der Waals surface area contributed by atoms with E-state index < -0.39 is 0 Å². The molecular formula is C15H22N2O3S. The van der Waals surface area contributed by atoms with Gasteiger partial charge in [0.25, 0.3) is 5.91 Å². The number of nitrogens with two attached hydrogens (primary N) is 1. The molecule has 0 aromatic heterocycles. The largest absolute Gasteiger partial charge is 0.484 e. The molecule has 1 saturated heterocycles. The summed E-state index contributed by atoms with van der Waals surface area (Å²) in [7, 11) is 1.65. The van der Waals surface area contributed by atoms with Gasteiger partial charge in [0.2, 0.25) is 0 Å². The first kappa shape index (κ1) is 16.0. The second-order valence-electron chi connectivity index (χ2n) is 4.96. The number of ether oxygens (including phenoxy) is 2. The molecule has 2 N–H and O–H groups in total. The zero-order valence-corrected chi connectivity index (χ0v) is 13.1. The molecule has 6 heteroatoms. The van der Waals surface area contributed by atoms with Crippen LogP contribution < -0.4 is 10.5 Å². The minimum absolute atomic E-state index is 0.00183. The minimum atomic E-state index is 0.00183. The van der Waals surface area contributed by atoms with Gasteiger partial charge in [0.05, 0.1) is 6.61 Å². The highest BCUT2D eigenvalue weighted by atomic mass is 32.2. The lowest BCUT2D eigenvalue weighted by atomic mass is 10.2. The lowest BCUT2D eigenvalue weighted by Crippen LogP contribution is -2.44. The van der Waals surface area contributed by atoms with Crippen molar-refractivity contribution in [2.24, 2.45) is 0 Å². The number of hydrogen-bond acceptors (Lipinski definition) is 5. The maximum absolute atomic E-state index is 12.4. The molecule has 1 aromatic rings. The average molecular weight is 310 g/mol. The Morgan fingerprint density at radius 2 is 2.38 bits per heavy atom. The molecule has 1 unspecified atom stereocenters. The number of carbonyl (C=O) groups excluding carboxylic acids is 1. The van der Waals surface area contributed by atoms with Crippen LogP contribution in [0.15, 0.2) is 24.3 Å². The maximum atomic E-state index is 12.4. The van der Waals surface area contributed by atoms with Gasteiger partial charge in [-0.15, -0.1) is 0 Å². The fourth-order valence-electron chi connectivity index (χ4n) is 2.30. The van der Waals surface area contributed by atoms with Crippen LogP contribution in [0.3, 0.4) is 0 Å². The second-order valence-corrected chi connectivity index (χ2v) is 6.11. The Hall–Kier alpha value is -1.40. The van der Waals surface area contributed by atoms with Crippen LogP contribution in [-0.2, 0) is 9.53 Å². The van der Waals surface area contributed by atoms with Crippen molar-refractivity contribution in [2.75, 3.05) is 44.1 Å². The van der Waals surface area contributed by atoms with Gasteiger partial charge in [0.15, 0.2) is 6.61 Å². The fourth-order valence-corrected chi connectivity index (χ4v) is 3.52. The molecule has 1 amide bonds. The lowest BCUT2D eigenvalue weighted by Gasteiger charge is -2.28. The third-order valence-corrected chi connectivity index (χ3v) is 4.57. The number of nitrogen functional groups attached to an aromatic ring is 1. The topological polar surface area (TPSA) is 64.8 Å². The Bertz CT molecular complexity index is 464. The molecule has 5 nitrogen and oxygen atoms in total. The molecule has 1 aliphatic heterocycles. The molecule has 0 saturated carbocycles. The number of methoxy groups -OCH3 is 1. The van der Waals surface area contributed by atoms with E-state index in [2.05, 4.69) is 0 Å². The molecule has 1 fully saturated rings. The van der Waals surface area contributed by atoms with E-state index in [0.29, 0.717) is 30.6 Å². The van der Waals surface area contributed by atoms with E-state index in [4.69, 9.17) is 15.2 Å². The highest BCUT2D eigenvalue weighted by molar-refractivity contribution is 7.99. The molecular weight excluding hydrogens is 288 g/mol. The summed E-state index contributed by atoms with van der Waals surface area (Å²) in [6, 6.07) is 7.41. The molecule has 0 spiro atoms. The number of anilines is 1. The van der Waals surface area contributed by atoms with E-state index in [0.717, 1.165) is 17.9 Å². The molecule has 1 aliphatic rings. The maximum Gasteiger partial charge on any atom is 0.260 e. The first-order valence-electron chi connectivity index (χ1n) is 7.05. The van der Waals surface area contributed by atoms with E-state index >= 15 is 0 Å². The van der Waals surface area contributed by atoms with Gasteiger partial charge in [-0.25, -0.2) is 0 Å². The van der Waals surface area contributed by atoms with E-state index in [9.17, 15) is 4.79 Å². The van der Waals surface area contributed by atoms with Crippen LogP contribution in [0.25, 0.3) is 0 Å². The second kappa shape index (κ2) is 8.14. The zero-order chi connectivity index (χ0) is 15.1. The lowest BCUT2D eigenvalue weighted by molar-refractivity contribution is -0.136. The molecule has 1 atom stereocenters. The van der Waals surface area contributed by atoms with Crippen LogP contribution in [0.2, 0.25) is 0 Å². The summed E-state index contributed by atoms with van der Waals surface area (Å²) in [5.41, 5.74) is 6.32. The van der Waals surface area contributed by atoms with E-state index in [1.807, 2.05) is 22.7 Å². The summed E-state index contributed by atoms with van der Waals surface area (Å²) in [6.45, 7) is 1.19. The molecule has 21 heavy (non-hydrogen) atoms. The zero-order valence-electron chi connectivity index (χ0n) is 12.3. The predicted octanol–water partition coefficient (Wildman–Crippen LogP) is 1.63. The molecule has 0 radical (unpaired) electrons. The smallest absolute Gasteiger partial charge is 0.260 e. The third-order valence-electron chi connectivity index (χ3n) is 3.42. The number of thioether (sulfide) groups is 1. The molecule has 0 aliphatic carbocycles. The van der Waals surface area contributed by atoms with Gasteiger partial charge in [-0.05, 0) is 24.3 Å². The van der Waals surface area contributed by atoms with Gasteiger partial charge in [0, 0.05) is 37.2 Å². The number of nitrogens with zero attached hydrogens (tertiary/aromatic N) is 1. The highest BCUT2D eigenvalue weighted by Crippen LogP contribution is 2.22. The van der Waals surface area contributed by atoms with Gasteiger partial charge >= 0.3 is 0 Å². The van der Waals surface area contributed by atoms with Crippen molar-refractivity contribution in [2.45, 2.75) is 12.5 Å². The van der Waals surface area contributed by atoms with E-state index in [-0.39, 0.29) is 12.5 Å². The van der Waals surface area contributed by atoms with Crippen LogP contribution in [0.1, 0.15) is 6.42 Å². The molecule has 116 valence electrons. The normalized spacial score (nSPS) is 17.7. The number of amides is 1. The summed E-state index contributed by atoms with van der Waals surface area (Å²) >= 11 is 1.89. The predicted molar refractivity (Wildman–Crippen MR) is 85.7 cm³/mol. The van der Waals surface area contributed by atoms with E-state index in [1.165, 1.54) is 0 Å². The Morgan fingerprint density at radius 3 is 3.05 bits per heavy atom. The Balaban J connectivity index is 1.91. The van der Waals surface area contributed by atoms with Crippen LogP contribution in [-0.4, -0.2) is 55.2 Å². The van der Waals surface area contributed by atoms with Crippen LogP contribution in [0.5, 0.6) is 5.75 Å². The van der Waals surface area contributed by atoms with Crippen molar-refractivity contribution < 1.29 is 14.3 Å².